The summed E-state index contributed by atoms with van der Waals surface area (Å²) < 4.78 is 10.3. The van der Waals surface area contributed by atoms with Gasteiger partial charge in [0.05, 0.1) is 20.3 Å². The van der Waals surface area contributed by atoms with E-state index in [1.807, 2.05) is 24.3 Å². The fraction of sp³-hybridized carbons (Fsp3) is 0.550. The lowest BCUT2D eigenvalue weighted by Gasteiger charge is -2.32. The molecule has 0 radical (unpaired) electrons. The first-order valence-corrected chi connectivity index (χ1v) is 9.53. The second kappa shape index (κ2) is 10.5. The molecule has 1 aliphatic heterocycles. The zero-order valence-corrected chi connectivity index (χ0v) is 16.8. The molecule has 1 aromatic carbocycles. The number of piperidine rings is 1. The zero-order chi connectivity index (χ0) is 20.5. The molecular weight excluding hydrogens is 362 g/mol. The number of hydrogen-bond acceptors (Lipinski definition) is 5. The van der Waals surface area contributed by atoms with Crippen LogP contribution in [-0.4, -0.2) is 67.1 Å². The minimum Gasteiger partial charge on any atom is -0.496 e. The molecule has 28 heavy (non-hydrogen) atoms. The molecule has 1 fully saturated rings. The van der Waals surface area contributed by atoms with E-state index >= 15 is 0 Å². The number of hydrogen-bond donors (Lipinski definition) is 1. The van der Waals surface area contributed by atoms with Gasteiger partial charge in [0.15, 0.2) is 0 Å². The lowest BCUT2D eigenvalue weighted by molar-refractivity contribution is -0.135. The first kappa shape index (κ1) is 21.5. The Balaban J connectivity index is 1.86. The van der Waals surface area contributed by atoms with Crippen molar-refractivity contribution in [1.82, 2.24) is 15.1 Å². The minimum absolute atomic E-state index is 0.0155. The number of para-hydroxylation sites is 1. The summed E-state index contributed by atoms with van der Waals surface area (Å²) in [5.74, 6) is 0.290. The van der Waals surface area contributed by atoms with Crippen LogP contribution in [0, 0.1) is 0 Å². The molecule has 0 bridgehead atoms. The average molecular weight is 391 g/mol. The summed E-state index contributed by atoms with van der Waals surface area (Å²) in [5.41, 5.74) is 0.843. The minimum atomic E-state index is -0.313. The van der Waals surface area contributed by atoms with Crippen molar-refractivity contribution < 1.29 is 23.9 Å². The van der Waals surface area contributed by atoms with Crippen LogP contribution >= 0.6 is 0 Å². The quantitative estimate of drug-likeness (QED) is 0.765. The average Bonchev–Trinajstić information content (AvgIpc) is 2.68. The van der Waals surface area contributed by atoms with Crippen LogP contribution < -0.4 is 10.1 Å². The third-order valence-corrected chi connectivity index (χ3v) is 4.72. The molecule has 1 aromatic rings. The maximum absolute atomic E-state index is 12.4. The molecule has 8 nitrogen and oxygen atoms in total. The van der Waals surface area contributed by atoms with Crippen LogP contribution in [0.1, 0.15) is 32.3 Å². The fourth-order valence-electron chi connectivity index (χ4n) is 3.19. The highest BCUT2D eigenvalue weighted by molar-refractivity contribution is 5.84. The van der Waals surface area contributed by atoms with E-state index in [0.29, 0.717) is 44.8 Å². The van der Waals surface area contributed by atoms with Crippen molar-refractivity contribution in [2.75, 3.05) is 33.4 Å². The fourth-order valence-corrected chi connectivity index (χ4v) is 3.19. The van der Waals surface area contributed by atoms with Gasteiger partial charge in [0, 0.05) is 38.2 Å². The number of likely N-dealkylation sites (tertiary alicyclic amines) is 1. The molecule has 154 valence electrons. The van der Waals surface area contributed by atoms with Gasteiger partial charge in [0.2, 0.25) is 11.8 Å². The van der Waals surface area contributed by atoms with E-state index < -0.39 is 0 Å². The van der Waals surface area contributed by atoms with Gasteiger partial charge in [-0.1, -0.05) is 18.2 Å². The molecule has 1 aliphatic rings. The number of carbonyl (C=O) groups is 3. The van der Waals surface area contributed by atoms with Crippen molar-refractivity contribution in [3.05, 3.63) is 29.8 Å². The van der Waals surface area contributed by atoms with Crippen molar-refractivity contribution in [2.24, 2.45) is 0 Å². The molecule has 0 unspecified atom stereocenters. The third kappa shape index (κ3) is 6.14. The van der Waals surface area contributed by atoms with Crippen molar-refractivity contribution in [3.8, 4) is 5.75 Å². The zero-order valence-electron chi connectivity index (χ0n) is 16.8. The maximum atomic E-state index is 12.4. The number of methoxy groups -OCH3 is 1. The predicted octanol–water partition coefficient (Wildman–Crippen LogP) is 1.78. The predicted molar refractivity (Wildman–Crippen MR) is 104 cm³/mol. The normalized spacial score (nSPS) is 14.3. The van der Waals surface area contributed by atoms with Crippen LogP contribution in [0.2, 0.25) is 0 Å². The van der Waals surface area contributed by atoms with Gasteiger partial charge in [0.25, 0.3) is 0 Å². The third-order valence-electron chi connectivity index (χ3n) is 4.72. The Hall–Kier alpha value is -2.77. The SMILES string of the molecule is CCOC(=O)N1CCC(NC(=O)CN(Cc2ccccc2OC)C(C)=O)CC1. The molecule has 1 saturated heterocycles. The Morgan fingerprint density at radius 1 is 1.21 bits per heavy atom. The Bertz CT molecular complexity index is 686. The number of benzene rings is 1. The van der Waals surface area contributed by atoms with Gasteiger partial charge in [-0.15, -0.1) is 0 Å². The molecule has 3 amide bonds. The van der Waals surface area contributed by atoms with Gasteiger partial charge >= 0.3 is 6.09 Å². The highest BCUT2D eigenvalue weighted by atomic mass is 16.6. The lowest BCUT2D eigenvalue weighted by Crippen LogP contribution is -2.49. The summed E-state index contributed by atoms with van der Waals surface area (Å²) in [7, 11) is 1.58. The van der Waals surface area contributed by atoms with Gasteiger partial charge < -0.3 is 24.6 Å². The highest BCUT2D eigenvalue weighted by Crippen LogP contribution is 2.19. The summed E-state index contributed by atoms with van der Waals surface area (Å²) in [6.45, 7) is 4.93. The van der Waals surface area contributed by atoms with Crippen LogP contribution in [0.5, 0.6) is 5.75 Å². The molecule has 0 aliphatic carbocycles. The number of amides is 3. The van der Waals surface area contributed by atoms with Gasteiger partial charge in [0.1, 0.15) is 5.75 Å². The topological polar surface area (TPSA) is 88.2 Å². The first-order valence-electron chi connectivity index (χ1n) is 9.53. The number of carbonyl (C=O) groups excluding carboxylic acids is 3. The van der Waals surface area contributed by atoms with Crippen LogP contribution in [0.4, 0.5) is 4.79 Å². The van der Waals surface area contributed by atoms with Crippen LogP contribution in [-0.2, 0) is 20.9 Å². The summed E-state index contributed by atoms with van der Waals surface area (Å²) >= 11 is 0. The highest BCUT2D eigenvalue weighted by Gasteiger charge is 2.25. The van der Waals surface area contributed by atoms with Gasteiger partial charge in [-0.3, -0.25) is 9.59 Å². The van der Waals surface area contributed by atoms with Crippen molar-refractivity contribution >= 4 is 17.9 Å². The smallest absolute Gasteiger partial charge is 0.409 e. The number of nitrogens with zero attached hydrogens (tertiary/aromatic N) is 2. The molecular formula is C20H29N3O5. The van der Waals surface area contributed by atoms with Crippen molar-refractivity contribution in [1.29, 1.82) is 0 Å². The van der Waals surface area contributed by atoms with Crippen LogP contribution in [0.25, 0.3) is 0 Å². The Morgan fingerprint density at radius 2 is 1.89 bits per heavy atom. The molecule has 1 N–H and O–H groups in total. The van der Waals surface area contributed by atoms with Gasteiger partial charge in [-0.25, -0.2) is 4.79 Å². The van der Waals surface area contributed by atoms with E-state index in [9.17, 15) is 14.4 Å². The Morgan fingerprint density at radius 3 is 2.50 bits per heavy atom. The largest absolute Gasteiger partial charge is 0.496 e. The molecule has 8 heteroatoms. The molecule has 0 spiro atoms. The molecule has 0 saturated carbocycles. The summed E-state index contributed by atoms with van der Waals surface area (Å²) in [6, 6.07) is 7.41. The number of ether oxygens (including phenoxy) is 2. The molecule has 0 aromatic heterocycles. The van der Waals surface area contributed by atoms with E-state index in [0.717, 1.165) is 5.56 Å². The maximum Gasteiger partial charge on any atom is 0.409 e. The van der Waals surface area contributed by atoms with E-state index in [1.165, 1.54) is 11.8 Å². The molecule has 2 rings (SSSR count). The summed E-state index contributed by atoms with van der Waals surface area (Å²) in [6.07, 6.45) is 1.01. The number of rotatable bonds is 7. The van der Waals surface area contributed by atoms with E-state index in [-0.39, 0.29) is 30.5 Å². The summed E-state index contributed by atoms with van der Waals surface area (Å²) in [5, 5.41) is 2.97. The van der Waals surface area contributed by atoms with E-state index in [2.05, 4.69) is 5.32 Å². The second-order valence-electron chi connectivity index (χ2n) is 6.71. The first-order chi connectivity index (χ1) is 13.4. The van der Waals surface area contributed by atoms with Crippen molar-refractivity contribution in [2.45, 2.75) is 39.3 Å². The van der Waals surface area contributed by atoms with Crippen LogP contribution in [0.15, 0.2) is 24.3 Å². The second-order valence-corrected chi connectivity index (χ2v) is 6.71. The molecule has 0 atom stereocenters. The molecule has 1 heterocycles. The summed E-state index contributed by atoms with van der Waals surface area (Å²) in [4.78, 5) is 39.3. The van der Waals surface area contributed by atoms with Gasteiger partial charge in [-0.2, -0.15) is 0 Å². The Kier molecular flexibility index (Phi) is 8.10. The number of nitrogens with one attached hydrogen (secondary N) is 1. The lowest BCUT2D eigenvalue weighted by atomic mass is 10.1. The standard InChI is InChI=1S/C20H29N3O5/c1-4-28-20(26)22-11-9-17(10-12-22)21-19(25)14-23(15(2)24)13-16-7-5-6-8-18(16)27-3/h5-8,17H,4,9-14H2,1-3H3,(H,21,25). The Labute approximate surface area is 165 Å². The monoisotopic (exact) mass is 391 g/mol. The van der Waals surface area contributed by atoms with Gasteiger partial charge in [-0.05, 0) is 25.8 Å². The van der Waals surface area contributed by atoms with Crippen molar-refractivity contribution in [3.63, 3.8) is 0 Å². The van der Waals surface area contributed by atoms with E-state index in [1.54, 1.807) is 18.9 Å². The van der Waals surface area contributed by atoms with E-state index in [4.69, 9.17) is 9.47 Å². The van der Waals surface area contributed by atoms with Crippen LogP contribution in [0.3, 0.4) is 0 Å².